The van der Waals surface area contributed by atoms with Crippen LogP contribution in [0, 0.1) is 5.41 Å². The van der Waals surface area contributed by atoms with Crippen molar-refractivity contribution in [3.63, 3.8) is 0 Å². The van der Waals surface area contributed by atoms with Crippen molar-refractivity contribution in [3.05, 3.63) is 78.2 Å². The zero-order chi connectivity index (χ0) is 23.6. The molecule has 2 heterocycles. The van der Waals surface area contributed by atoms with Gasteiger partial charge < -0.3 is 20.5 Å². The number of aromatic nitrogens is 2. The van der Waals surface area contributed by atoms with Gasteiger partial charge in [0.05, 0.1) is 17.8 Å². The van der Waals surface area contributed by atoms with Gasteiger partial charge in [0, 0.05) is 31.4 Å². The molecule has 172 valence electrons. The van der Waals surface area contributed by atoms with Gasteiger partial charge in [0.2, 0.25) is 0 Å². The van der Waals surface area contributed by atoms with Gasteiger partial charge >= 0.3 is 11.8 Å². The minimum absolute atomic E-state index is 0.264. The van der Waals surface area contributed by atoms with E-state index in [0.717, 1.165) is 22.6 Å². The van der Waals surface area contributed by atoms with E-state index in [9.17, 15) is 9.59 Å². The van der Waals surface area contributed by atoms with Crippen molar-refractivity contribution in [3.8, 4) is 11.3 Å². The van der Waals surface area contributed by atoms with E-state index in [-0.39, 0.29) is 18.0 Å². The van der Waals surface area contributed by atoms with Gasteiger partial charge in [-0.1, -0.05) is 81.4 Å². The second kappa shape index (κ2) is 9.19. The van der Waals surface area contributed by atoms with Crippen molar-refractivity contribution in [2.24, 2.45) is 11.1 Å². The molecule has 33 heavy (non-hydrogen) atoms. The first-order valence-corrected chi connectivity index (χ1v) is 11.3. The Bertz CT molecular complexity index is 1120. The summed E-state index contributed by atoms with van der Waals surface area (Å²) in [4.78, 5) is 32.2. The van der Waals surface area contributed by atoms with Crippen LogP contribution in [0.3, 0.4) is 0 Å². The third kappa shape index (κ3) is 4.83. The predicted octanol–water partition coefficient (Wildman–Crippen LogP) is 2.97. The molecule has 0 aliphatic carbocycles. The second-order valence-corrected chi connectivity index (χ2v) is 9.60. The fourth-order valence-electron chi connectivity index (χ4n) is 4.40. The highest BCUT2D eigenvalue weighted by Gasteiger charge is 2.43. The fourth-order valence-corrected chi connectivity index (χ4v) is 4.40. The number of nitrogens with two attached hydrogens (primary N) is 1. The van der Waals surface area contributed by atoms with Crippen molar-refractivity contribution in [2.75, 3.05) is 13.1 Å². The predicted molar refractivity (Wildman–Crippen MR) is 128 cm³/mol. The molecular formula is C26H31N5O2. The smallest absolute Gasteiger partial charge is 0.312 e. The van der Waals surface area contributed by atoms with Gasteiger partial charge in [0.25, 0.3) is 0 Å². The van der Waals surface area contributed by atoms with Crippen molar-refractivity contribution < 1.29 is 9.59 Å². The quantitative estimate of drug-likeness (QED) is 0.571. The molecule has 0 spiro atoms. The van der Waals surface area contributed by atoms with Crippen LogP contribution in [0.5, 0.6) is 0 Å². The second-order valence-electron chi connectivity index (χ2n) is 9.60. The van der Waals surface area contributed by atoms with Crippen LogP contribution >= 0.6 is 0 Å². The molecule has 1 aromatic heterocycles. The molecular weight excluding hydrogens is 414 g/mol. The average molecular weight is 446 g/mol. The van der Waals surface area contributed by atoms with Crippen molar-refractivity contribution in [1.82, 2.24) is 19.8 Å². The Balaban J connectivity index is 1.84. The van der Waals surface area contributed by atoms with Gasteiger partial charge in [-0.2, -0.15) is 0 Å². The summed E-state index contributed by atoms with van der Waals surface area (Å²) in [5.41, 5.74) is 8.45. The summed E-state index contributed by atoms with van der Waals surface area (Å²) in [5, 5.41) is 2.71. The van der Waals surface area contributed by atoms with E-state index in [2.05, 4.69) is 42.8 Å². The summed E-state index contributed by atoms with van der Waals surface area (Å²) in [6.07, 6.45) is 2.03. The maximum Gasteiger partial charge on any atom is 0.312 e. The number of nitrogens with one attached hydrogen (secondary N) is 1. The lowest BCUT2D eigenvalue weighted by molar-refractivity contribution is -0.153. The van der Waals surface area contributed by atoms with Crippen LogP contribution in [0.2, 0.25) is 0 Å². The minimum Gasteiger partial charge on any atom is -0.342 e. The first-order chi connectivity index (χ1) is 15.8. The van der Waals surface area contributed by atoms with E-state index in [1.807, 2.05) is 54.7 Å². The van der Waals surface area contributed by atoms with E-state index in [1.165, 1.54) is 0 Å². The van der Waals surface area contributed by atoms with Gasteiger partial charge in [0.15, 0.2) is 0 Å². The molecule has 2 atom stereocenters. The number of hydrogen-bond acceptors (Lipinski definition) is 4. The summed E-state index contributed by atoms with van der Waals surface area (Å²) >= 11 is 0. The number of benzene rings is 2. The first kappa shape index (κ1) is 22.7. The van der Waals surface area contributed by atoms with Gasteiger partial charge in [-0.05, 0) is 11.0 Å². The number of carbonyl (C=O) groups excluding carboxylic acids is 2. The third-order valence-electron chi connectivity index (χ3n) is 5.94. The average Bonchev–Trinajstić information content (AvgIpc) is 3.20. The zero-order valence-electron chi connectivity index (χ0n) is 19.4. The van der Waals surface area contributed by atoms with Crippen LogP contribution < -0.4 is 11.1 Å². The van der Waals surface area contributed by atoms with E-state index < -0.39 is 17.9 Å². The lowest BCUT2D eigenvalue weighted by atomic mass is 9.84. The lowest BCUT2D eigenvalue weighted by Gasteiger charge is -2.43. The molecule has 7 heteroatoms. The van der Waals surface area contributed by atoms with Gasteiger partial charge in [-0.25, -0.2) is 4.98 Å². The van der Waals surface area contributed by atoms with Gasteiger partial charge in [0.1, 0.15) is 5.82 Å². The summed E-state index contributed by atoms with van der Waals surface area (Å²) < 4.78 is 2.10. The number of nitrogens with zero attached hydrogens (tertiary/aromatic N) is 3. The Morgan fingerprint density at radius 2 is 1.70 bits per heavy atom. The van der Waals surface area contributed by atoms with Crippen LogP contribution in [0.4, 0.5) is 0 Å². The minimum atomic E-state index is -0.615. The highest BCUT2D eigenvalue weighted by atomic mass is 16.2. The number of carbonyl (C=O) groups is 2. The van der Waals surface area contributed by atoms with Gasteiger partial charge in [-0.15, -0.1) is 0 Å². The Morgan fingerprint density at radius 1 is 1.06 bits per heavy atom. The molecule has 1 aliphatic rings. The molecule has 3 N–H and O–H groups in total. The summed E-state index contributed by atoms with van der Waals surface area (Å²) in [6, 6.07) is 19.4. The molecule has 4 rings (SSSR count). The van der Waals surface area contributed by atoms with E-state index in [0.29, 0.717) is 13.1 Å². The van der Waals surface area contributed by atoms with Crippen LogP contribution in [0.15, 0.2) is 66.9 Å². The molecule has 3 aromatic rings. The number of piperazine rings is 1. The standard InChI is InChI=1S/C26H31N5O2/c1-26(2,3)22(31-16-20(14-27)28-24(32)25(31)33)23-29-21(19-12-8-5-9-13-19)17-30(23)15-18-10-6-4-7-11-18/h4-13,17,20,22H,14-16,27H2,1-3H3,(H,28,32)/t20-,22-/m0/s1. The van der Waals surface area contributed by atoms with Gasteiger partial charge in [-0.3, -0.25) is 9.59 Å². The number of amides is 2. The van der Waals surface area contributed by atoms with Crippen molar-refractivity contribution in [2.45, 2.75) is 39.4 Å². The van der Waals surface area contributed by atoms with Crippen molar-refractivity contribution >= 4 is 11.8 Å². The fraction of sp³-hybridized carbons (Fsp3) is 0.346. The maximum atomic E-state index is 13.0. The van der Waals surface area contributed by atoms with E-state index >= 15 is 0 Å². The molecule has 2 amide bonds. The van der Waals surface area contributed by atoms with Crippen LogP contribution in [-0.2, 0) is 16.1 Å². The molecule has 1 fully saturated rings. The molecule has 2 aromatic carbocycles. The van der Waals surface area contributed by atoms with E-state index in [1.54, 1.807) is 4.90 Å². The Labute approximate surface area is 194 Å². The molecule has 1 saturated heterocycles. The molecule has 0 bridgehead atoms. The Hall–Kier alpha value is -3.45. The molecule has 0 saturated carbocycles. The highest BCUT2D eigenvalue weighted by Crippen LogP contribution is 2.39. The van der Waals surface area contributed by atoms with Crippen LogP contribution in [-0.4, -0.2) is 45.4 Å². The van der Waals surface area contributed by atoms with Crippen molar-refractivity contribution in [1.29, 1.82) is 0 Å². The Kier molecular flexibility index (Phi) is 6.33. The first-order valence-electron chi connectivity index (χ1n) is 11.3. The summed E-state index contributed by atoms with van der Waals surface area (Å²) in [6.45, 7) is 7.43. The monoisotopic (exact) mass is 445 g/mol. The van der Waals surface area contributed by atoms with Crippen LogP contribution in [0.25, 0.3) is 11.3 Å². The molecule has 0 unspecified atom stereocenters. The molecule has 1 aliphatic heterocycles. The topological polar surface area (TPSA) is 93.2 Å². The summed E-state index contributed by atoms with van der Waals surface area (Å²) in [5.74, 6) is -0.408. The number of hydrogen-bond donors (Lipinski definition) is 2. The van der Waals surface area contributed by atoms with E-state index in [4.69, 9.17) is 10.7 Å². The summed E-state index contributed by atoms with van der Waals surface area (Å²) in [7, 11) is 0. The zero-order valence-corrected chi connectivity index (χ0v) is 19.4. The SMILES string of the molecule is CC(C)(C)[C@H](c1nc(-c2ccccc2)cn1Cc1ccccc1)N1C[C@H](CN)NC(=O)C1=O. The normalized spacial score (nSPS) is 17.7. The molecule has 7 nitrogen and oxygen atoms in total. The number of rotatable bonds is 6. The third-order valence-corrected chi connectivity index (χ3v) is 5.94. The highest BCUT2D eigenvalue weighted by molar-refractivity contribution is 6.35. The maximum absolute atomic E-state index is 13.0. The number of imidazole rings is 1. The lowest BCUT2D eigenvalue weighted by Crippen LogP contribution is -2.61. The van der Waals surface area contributed by atoms with Crippen LogP contribution in [0.1, 0.15) is 38.2 Å². The molecule has 0 radical (unpaired) electrons. The largest absolute Gasteiger partial charge is 0.342 e. The Morgan fingerprint density at radius 3 is 2.30 bits per heavy atom.